The van der Waals surface area contributed by atoms with Crippen molar-refractivity contribution in [2.24, 2.45) is 0 Å². The van der Waals surface area contributed by atoms with Crippen molar-refractivity contribution in [1.82, 2.24) is 4.31 Å². The summed E-state index contributed by atoms with van der Waals surface area (Å²) in [6, 6.07) is 19.6. The third kappa shape index (κ3) is 4.86. The Hall–Kier alpha value is -3.36. The van der Waals surface area contributed by atoms with Crippen LogP contribution in [0.3, 0.4) is 0 Å². The summed E-state index contributed by atoms with van der Waals surface area (Å²) < 4.78 is 30.7. The minimum atomic E-state index is -3.56. The smallest absolute Gasteiger partial charge is 0.335 e. The zero-order valence-corrected chi connectivity index (χ0v) is 19.2. The van der Waals surface area contributed by atoms with Crippen molar-refractivity contribution in [3.63, 3.8) is 0 Å². The number of hydrogen-bond donors (Lipinski definition) is 3. The van der Waals surface area contributed by atoms with Crippen LogP contribution in [0.4, 0.5) is 5.69 Å². The van der Waals surface area contributed by atoms with E-state index in [2.05, 4.69) is 12.2 Å². The van der Waals surface area contributed by atoms with Gasteiger partial charge in [0.15, 0.2) is 5.75 Å². The number of benzene rings is 3. The molecule has 1 aliphatic rings. The van der Waals surface area contributed by atoms with Crippen LogP contribution in [-0.2, 0) is 23.0 Å². The van der Waals surface area contributed by atoms with Crippen molar-refractivity contribution in [2.75, 3.05) is 11.9 Å². The minimum absolute atomic E-state index is 0.0407. The molecule has 8 heteroatoms. The first kappa shape index (κ1) is 22.8. The molecule has 0 bridgehead atoms. The Labute approximate surface area is 194 Å². The summed E-state index contributed by atoms with van der Waals surface area (Å²) in [5, 5.41) is 13.0. The number of carbonyl (C=O) groups is 1. The summed E-state index contributed by atoms with van der Waals surface area (Å²) in [7, 11) is -3.56. The summed E-state index contributed by atoms with van der Waals surface area (Å²) in [4.78, 5) is 11.9. The number of aromatic carboxylic acids is 1. The quantitative estimate of drug-likeness (QED) is 0.351. The Bertz CT molecular complexity index is 1230. The Balaban J connectivity index is 1.83. The monoisotopic (exact) mass is 465 g/mol. The molecule has 1 unspecified atom stereocenters. The predicted octanol–water partition coefficient (Wildman–Crippen LogP) is 5.73. The first-order chi connectivity index (χ1) is 15.9. The first-order valence-corrected chi connectivity index (χ1v) is 12.4. The van der Waals surface area contributed by atoms with E-state index in [0.29, 0.717) is 31.1 Å². The van der Waals surface area contributed by atoms with E-state index in [9.17, 15) is 14.1 Å². The standard InChI is InChI=1S/C25H27N3O4S/c1-2-3-13-27-22-14-20(25(29)30)15-23(24(22)32-21-11-5-4-6-12-21)33(26,31)28-16-18-9-7-8-10-19(18)17-28/h4-12,14-15,26-27H,2-3,13,16-17H2,1H3,(H,29,30). The zero-order chi connectivity index (χ0) is 23.4. The van der Waals surface area contributed by atoms with Crippen molar-refractivity contribution in [3.8, 4) is 11.5 Å². The number of carboxylic acids is 1. The predicted molar refractivity (Wildman–Crippen MR) is 128 cm³/mol. The topological polar surface area (TPSA) is 103 Å². The van der Waals surface area contributed by atoms with Gasteiger partial charge in [0.1, 0.15) is 20.6 Å². The average Bonchev–Trinajstić information content (AvgIpc) is 3.26. The van der Waals surface area contributed by atoms with Crippen LogP contribution in [0.15, 0.2) is 71.6 Å². The van der Waals surface area contributed by atoms with Crippen molar-refractivity contribution in [2.45, 2.75) is 37.8 Å². The van der Waals surface area contributed by atoms with E-state index in [1.807, 2.05) is 42.5 Å². The molecule has 1 atom stereocenters. The fourth-order valence-electron chi connectivity index (χ4n) is 3.80. The van der Waals surface area contributed by atoms with Gasteiger partial charge >= 0.3 is 5.97 Å². The molecular formula is C25H27N3O4S. The number of fused-ring (bicyclic) bond motifs is 1. The highest BCUT2D eigenvalue weighted by atomic mass is 32.2. The molecule has 172 valence electrons. The van der Waals surface area contributed by atoms with Gasteiger partial charge in [0, 0.05) is 19.6 Å². The molecule has 3 aromatic rings. The van der Waals surface area contributed by atoms with E-state index >= 15 is 0 Å². The molecule has 1 aliphatic heterocycles. The lowest BCUT2D eigenvalue weighted by Gasteiger charge is -2.24. The molecule has 33 heavy (non-hydrogen) atoms. The highest BCUT2D eigenvalue weighted by Gasteiger charge is 2.32. The van der Waals surface area contributed by atoms with Crippen molar-refractivity contribution < 1.29 is 18.8 Å². The van der Waals surface area contributed by atoms with Crippen LogP contribution in [0.1, 0.15) is 41.3 Å². The number of hydrogen-bond acceptors (Lipinski definition) is 5. The maximum Gasteiger partial charge on any atom is 0.335 e. The third-order valence-electron chi connectivity index (χ3n) is 5.58. The van der Waals surface area contributed by atoms with Crippen LogP contribution in [0.5, 0.6) is 11.5 Å². The Kier molecular flexibility index (Phi) is 6.67. The van der Waals surface area contributed by atoms with Gasteiger partial charge in [-0.05, 0) is 41.8 Å². The highest BCUT2D eigenvalue weighted by Crippen LogP contribution is 2.41. The molecule has 7 nitrogen and oxygen atoms in total. The first-order valence-electron chi connectivity index (χ1n) is 10.9. The molecule has 0 amide bonds. The molecule has 3 N–H and O–H groups in total. The second-order valence-electron chi connectivity index (χ2n) is 7.94. The lowest BCUT2D eigenvalue weighted by atomic mass is 10.1. The van der Waals surface area contributed by atoms with E-state index in [4.69, 9.17) is 9.52 Å². The van der Waals surface area contributed by atoms with Crippen LogP contribution >= 0.6 is 0 Å². The molecule has 0 radical (unpaired) electrons. The Morgan fingerprint density at radius 1 is 1.09 bits per heavy atom. The summed E-state index contributed by atoms with van der Waals surface area (Å²) in [5.41, 5.74) is 2.40. The van der Waals surface area contributed by atoms with Gasteiger partial charge in [-0.25, -0.2) is 18.1 Å². The van der Waals surface area contributed by atoms with Gasteiger partial charge in [0.25, 0.3) is 0 Å². The highest BCUT2D eigenvalue weighted by molar-refractivity contribution is 7.90. The normalized spacial score (nSPS) is 14.9. The number of nitrogens with zero attached hydrogens (tertiary/aromatic N) is 1. The summed E-state index contributed by atoms with van der Waals surface area (Å²) >= 11 is 0. The molecule has 4 rings (SSSR count). The minimum Gasteiger partial charge on any atom is -0.478 e. The van der Waals surface area contributed by atoms with Crippen molar-refractivity contribution in [1.29, 1.82) is 4.78 Å². The van der Waals surface area contributed by atoms with E-state index in [1.165, 1.54) is 12.1 Å². The number of rotatable bonds is 9. The Morgan fingerprint density at radius 3 is 2.33 bits per heavy atom. The van der Waals surface area contributed by atoms with Gasteiger partial charge < -0.3 is 15.2 Å². The largest absolute Gasteiger partial charge is 0.478 e. The lowest BCUT2D eigenvalue weighted by molar-refractivity contribution is 0.0696. The van der Waals surface area contributed by atoms with Crippen LogP contribution in [0.25, 0.3) is 0 Å². The van der Waals surface area contributed by atoms with Gasteiger partial charge in [-0.1, -0.05) is 55.8 Å². The van der Waals surface area contributed by atoms with E-state index in [0.717, 1.165) is 24.0 Å². The Morgan fingerprint density at radius 2 is 1.73 bits per heavy atom. The molecule has 0 fully saturated rings. The third-order valence-corrected chi connectivity index (χ3v) is 7.47. The molecule has 3 aromatic carbocycles. The van der Waals surface area contributed by atoms with Crippen LogP contribution in [-0.4, -0.2) is 26.1 Å². The zero-order valence-electron chi connectivity index (χ0n) is 18.4. The molecule has 0 aromatic heterocycles. The molecule has 1 heterocycles. The van der Waals surface area contributed by atoms with Gasteiger partial charge in [0.2, 0.25) is 0 Å². The fourth-order valence-corrected chi connectivity index (χ4v) is 5.41. The number of ether oxygens (including phenoxy) is 1. The second kappa shape index (κ2) is 9.64. The number of unbranched alkanes of at least 4 members (excludes halogenated alkanes) is 1. The molecule has 0 spiro atoms. The number of anilines is 1. The number of para-hydroxylation sites is 1. The summed E-state index contributed by atoms with van der Waals surface area (Å²) in [6.45, 7) is 3.35. The fraction of sp³-hybridized carbons (Fsp3) is 0.240. The second-order valence-corrected chi connectivity index (χ2v) is 9.95. The summed E-state index contributed by atoms with van der Waals surface area (Å²) in [5.74, 6) is -0.417. The lowest BCUT2D eigenvalue weighted by Crippen LogP contribution is -2.25. The maximum absolute atomic E-state index is 14.0. The van der Waals surface area contributed by atoms with E-state index in [1.54, 1.807) is 16.4 Å². The molecule has 0 aliphatic carbocycles. The van der Waals surface area contributed by atoms with Gasteiger partial charge in [0.05, 0.1) is 11.3 Å². The SMILES string of the molecule is CCCCNc1cc(C(=O)O)cc(S(=N)(=O)N2Cc3ccccc3C2)c1Oc1ccccc1. The average molecular weight is 466 g/mol. The molecular weight excluding hydrogens is 438 g/mol. The van der Waals surface area contributed by atoms with Gasteiger partial charge in [-0.15, -0.1) is 0 Å². The number of nitrogens with one attached hydrogen (secondary N) is 2. The van der Waals surface area contributed by atoms with Crippen LogP contribution in [0, 0.1) is 4.78 Å². The van der Waals surface area contributed by atoms with Crippen LogP contribution < -0.4 is 10.1 Å². The van der Waals surface area contributed by atoms with Gasteiger partial charge in [-0.3, -0.25) is 0 Å². The van der Waals surface area contributed by atoms with E-state index < -0.39 is 15.9 Å². The van der Waals surface area contributed by atoms with Crippen molar-refractivity contribution in [3.05, 3.63) is 83.4 Å². The maximum atomic E-state index is 14.0. The summed E-state index contributed by atoms with van der Waals surface area (Å²) in [6.07, 6.45) is 1.82. The van der Waals surface area contributed by atoms with Gasteiger partial charge in [-0.2, -0.15) is 0 Å². The number of carboxylic acid groups (broad SMARTS) is 1. The molecule has 0 saturated heterocycles. The van der Waals surface area contributed by atoms with E-state index in [-0.39, 0.29) is 16.2 Å². The van der Waals surface area contributed by atoms with Crippen molar-refractivity contribution >= 4 is 21.6 Å². The van der Waals surface area contributed by atoms with Crippen LogP contribution in [0.2, 0.25) is 0 Å². The molecule has 0 saturated carbocycles.